The lowest BCUT2D eigenvalue weighted by Gasteiger charge is -2.14. The summed E-state index contributed by atoms with van der Waals surface area (Å²) in [7, 11) is 0. The first kappa shape index (κ1) is 12.5. The van der Waals surface area contributed by atoms with Gasteiger partial charge in [-0.3, -0.25) is 0 Å². The first-order valence-electron chi connectivity index (χ1n) is 5.29. The predicted molar refractivity (Wildman–Crippen MR) is 73.7 cm³/mol. The largest absolute Gasteiger partial charge is 0.382 e. The number of halogens is 3. The highest BCUT2D eigenvalue weighted by Gasteiger charge is 2.14. The molecule has 1 aromatic carbocycles. The molecule has 2 rings (SSSR count). The SMILES string of the molecule is Clc1c(Br)ccc(NCC2CCCN2)c1Cl. The zero-order valence-corrected chi connectivity index (χ0v) is 11.8. The van der Waals surface area contributed by atoms with Crippen LogP contribution in [0.5, 0.6) is 0 Å². The van der Waals surface area contributed by atoms with Crippen LogP contribution in [0.4, 0.5) is 5.69 Å². The van der Waals surface area contributed by atoms with Crippen LogP contribution in [-0.4, -0.2) is 19.1 Å². The molecule has 0 aromatic heterocycles. The van der Waals surface area contributed by atoms with Gasteiger partial charge in [-0.15, -0.1) is 0 Å². The van der Waals surface area contributed by atoms with Crippen LogP contribution in [0, 0.1) is 0 Å². The molecule has 1 unspecified atom stereocenters. The van der Waals surface area contributed by atoms with Gasteiger partial charge in [-0.1, -0.05) is 23.2 Å². The molecule has 0 radical (unpaired) electrons. The summed E-state index contributed by atoms with van der Waals surface area (Å²) < 4.78 is 0.823. The number of hydrogen-bond acceptors (Lipinski definition) is 2. The van der Waals surface area contributed by atoms with Gasteiger partial charge in [-0.05, 0) is 47.4 Å². The third-order valence-electron chi connectivity index (χ3n) is 2.74. The Morgan fingerprint density at radius 3 is 2.88 bits per heavy atom. The Balaban J connectivity index is 2.01. The fourth-order valence-electron chi connectivity index (χ4n) is 1.83. The molecule has 1 aliphatic rings. The molecule has 1 heterocycles. The Bertz CT molecular complexity index is 378. The molecule has 0 aliphatic carbocycles. The van der Waals surface area contributed by atoms with Crippen molar-refractivity contribution >= 4 is 44.8 Å². The van der Waals surface area contributed by atoms with Gasteiger partial charge in [0.25, 0.3) is 0 Å². The van der Waals surface area contributed by atoms with Gasteiger partial charge in [0, 0.05) is 17.1 Å². The van der Waals surface area contributed by atoms with Crippen molar-refractivity contribution < 1.29 is 0 Å². The highest BCUT2D eigenvalue weighted by atomic mass is 79.9. The number of rotatable bonds is 3. The van der Waals surface area contributed by atoms with E-state index in [9.17, 15) is 0 Å². The zero-order valence-electron chi connectivity index (χ0n) is 8.69. The summed E-state index contributed by atoms with van der Waals surface area (Å²) >= 11 is 15.5. The zero-order chi connectivity index (χ0) is 11.5. The van der Waals surface area contributed by atoms with Crippen LogP contribution in [0.15, 0.2) is 16.6 Å². The van der Waals surface area contributed by atoms with Crippen LogP contribution in [-0.2, 0) is 0 Å². The summed E-state index contributed by atoms with van der Waals surface area (Å²) in [5.41, 5.74) is 0.892. The maximum Gasteiger partial charge on any atom is 0.0835 e. The maximum absolute atomic E-state index is 6.14. The van der Waals surface area contributed by atoms with Crippen molar-refractivity contribution in [2.45, 2.75) is 18.9 Å². The van der Waals surface area contributed by atoms with Crippen LogP contribution in [0.3, 0.4) is 0 Å². The predicted octanol–water partition coefficient (Wildman–Crippen LogP) is 3.92. The van der Waals surface area contributed by atoms with Crippen LogP contribution in [0.25, 0.3) is 0 Å². The van der Waals surface area contributed by atoms with E-state index in [1.54, 1.807) is 0 Å². The second-order valence-corrected chi connectivity index (χ2v) is 5.51. The summed E-state index contributed by atoms with van der Waals surface area (Å²) in [5, 5.41) is 7.89. The molecule has 0 spiro atoms. The monoisotopic (exact) mass is 322 g/mol. The highest BCUT2D eigenvalue weighted by molar-refractivity contribution is 9.10. The Labute approximate surface area is 114 Å². The van der Waals surface area contributed by atoms with Crippen molar-refractivity contribution in [2.24, 2.45) is 0 Å². The average Bonchev–Trinajstić information content (AvgIpc) is 2.78. The van der Waals surface area contributed by atoms with Gasteiger partial charge in [-0.25, -0.2) is 0 Å². The third kappa shape index (κ3) is 2.83. The third-order valence-corrected chi connectivity index (χ3v) is 4.51. The van der Waals surface area contributed by atoms with Crippen molar-refractivity contribution in [2.75, 3.05) is 18.4 Å². The molecule has 0 amide bonds. The van der Waals surface area contributed by atoms with Gasteiger partial charge in [0.15, 0.2) is 0 Å². The molecule has 1 saturated heterocycles. The Hall–Kier alpha value is 0.0400. The lowest BCUT2D eigenvalue weighted by atomic mass is 10.2. The fourth-order valence-corrected chi connectivity index (χ4v) is 2.67. The standard InChI is InChI=1S/C11H13BrCl2N2/c12-8-3-4-9(11(14)10(8)13)16-6-7-2-1-5-15-7/h3-4,7,15-16H,1-2,5-6H2. The Kier molecular flexibility index (Phi) is 4.36. The van der Waals surface area contributed by atoms with Gasteiger partial charge in [-0.2, -0.15) is 0 Å². The van der Waals surface area contributed by atoms with Crippen molar-refractivity contribution in [1.29, 1.82) is 0 Å². The minimum absolute atomic E-state index is 0.540. The minimum atomic E-state index is 0.540. The van der Waals surface area contributed by atoms with E-state index < -0.39 is 0 Å². The lowest BCUT2D eigenvalue weighted by Crippen LogP contribution is -2.29. The van der Waals surface area contributed by atoms with Crippen molar-refractivity contribution in [3.05, 3.63) is 26.7 Å². The topological polar surface area (TPSA) is 24.1 Å². The molecular formula is C11H13BrCl2N2. The molecule has 2 nitrogen and oxygen atoms in total. The van der Waals surface area contributed by atoms with E-state index in [1.165, 1.54) is 12.8 Å². The summed E-state index contributed by atoms with van der Waals surface area (Å²) in [6.45, 7) is 2.00. The molecule has 16 heavy (non-hydrogen) atoms. The molecular weight excluding hydrogens is 311 g/mol. The molecule has 88 valence electrons. The number of anilines is 1. The second-order valence-electron chi connectivity index (χ2n) is 3.90. The van der Waals surface area contributed by atoms with Gasteiger partial charge in [0.1, 0.15) is 0 Å². The minimum Gasteiger partial charge on any atom is -0.382 e. The summed E-state index contributed by atoms with van der Waals surface area (Å²) in [4.78, 5) is 0. The summed E-state index contributed by atoms with van der Waals surface area (Å²) in [5.74, 6) is 0. The first-order chi connectivity index (χ1) is 7.68. The van der Waals surface area contributed by atoms with E-state index in [2.05, 4.69) is 26.6 Å². The molecule has 2 N–H and O–H groups in total. The molecule has 1 aromatic rings. The van der Waals surface area contributed by atoms with E-state index in [-0.39, 0.29) is 0 Å². The van der Waals surface area contributed by atoms with Gasteiger partial charge in [0.2, 0.25) is 0 Å². The summed E-state index contributed by atoms with van der Waals surface area (Å²) in [6.07, 6.45) is 2.47. The molecule has 0 saturated carbocycles. The molecule has 1 atom stereocenters. The normalized spacial score (nSPS) is 20.1. The lowest BCUT2D eigenvalue weighted by molar-refractivity contribution is 0.633. The van der Waals surface area contributed by atoms with Gasteiger partial charge in [0.05, 0.1) is 15.7 Å². The number of hydrogen-bond donors (Lipinski definition) is 2. The number of benzene rings is 1. The molecule has 0 bridgehead atoms. The van der Waals surface area contributed by atoms with Crippen molar-refractivity contribution in [3.63, 3.8) is 0 Å². The van der Waals surface area contributed by atoms with Crippen LogP contribution < -0.4 is 10.6 Å². The molecule has 1 fully saturated rings. The van der Waals surface area contributed by atoms with Crippen LogP contribution in [0.1, 0.15) is 12.8 Å². The van der Waals surface area contributed by atoms with Gasteiger partial charge >= 0.3 is 0 Å². The fraction of sp³-hybridized carbons (Fsp3) is 0.455. The highest BCUT2D eigenvalue weighted by Crippen LogP contribution is 2.35. The van der Waals surface area contributed by atoms with E-state index >= 15 is 0 Å². The average molecular weight is 324 g/mol. The van der Waals surface area contributed by atoms with E-state index in [0.717, 1.165) is 23.2 Å². The van der Waals surface area contributed by atoms with Crippen molar-refractivity contribution in [1.82, 2.24) is 5.32 Å². The Morgan fingerprint density at radius 1 is 1.38 bits per heavy atom. The van der Waals surface area contributed by atoms with Crippen molar-refractivity contribution in [3.8, 4) is 0 Å². The first-order valence-corrected chi connectivity index (χ1v) is 6.84. The van der Waals surface area contributed by atoms with E-state index in [1.807, 2.05) is 12.1 Å². The van der Waals surface area contributed by atoms with Crippen LogP contribution in [0.2, 0.25) is 10.0 Å². The Morgan fingerprint density at radius 2 is 2.19 bits per heavy atom. The molecule has 5 heteroatoms. The quantitative estimate of drug-likeness (QED) is 0.824. The van der Waals surface area contributed by atoms with E-state index in [4.69, 9.17) is 23.2 Å². The smallest absolute Gasteiger partial charge is 0.0835 e. The van der Waals surface area contributed by atoms with Crippen LogP contribution >= 0.6 is 39.1 Å². The van der Waals surface area contributed by atoms with E-state index in [0.29, 0.717) is 16.1 Å². The van der Waals surface area contributed by atoms with Gasteiger partial charge < -0.3 is 10.6 Å². The molecule has 1 aliphatic heterocycles. The summed E-state index contributed by atoms with van der Waals surface area (Å²) in [6, 6.07) is 4.38. The number of nitrogens with one attached hydrogen (secondary N) is 2. The maximum atomic E-state index is 6.14. The second kappa shape index (κ2) is 5.58.